The average Bonchev–Trinajstić information content (AvgIpc) is 4.14. The molecule has 0 unspecified atom stereocenters. The molecular weight excluding hydrogens is 855 g/mol. The average molecular weight is 917 g/mol. The van der Waals surface area contributed by atoms with Crippen LogP contribution in [0.15, 0.2) is 58.0 Å². The third kappa shape index (κ3) is 9.12. The van der Waals surface area contributed by atoms with E-state index < -0.39 is 0 Å². The van der Waals surface area contributed by atoms with Crippen LogP contribution in [0.5, 0.6) is 11.5 Å². The number of nitrogens with zero attached hydrogens (tertiary/aromatic N) is 8. The summed E-state index contributed by atoms with van der Waals surface area (Å²) in [4.78, 5) is 9.21. The van der Waals surface area contributed by atoms with Gasteiger partial charge in [-0.15, -0.1) is 10.2 Å². The van der Waals surface area contributed by atoms with Crippen LogP contribution in [0.25, 0.3) is 0 Å². The van der Waals surface area contributed by atoms with Gasteiger partial charge in [-0.1, -0.05) is 10.2 Å². The van der Waals surface area contributed by atoms with Crippen molar-refractivity contribution in [3.05, 3.63) is 71.9 Å². The summed E-state index contributed by atoms with van der Waals surface area (Å²) in [5.41, 5.74) is 1.79. The van der Waals surface area contributed by atoms with E-state index in [2.05, 4.69) is 40.0 Å². The number of aliphatic hydroxyl groups excluding tert-OH is 2. The molecule has 8 fully saturated rings. The Hall–Kier alpha value is -4.46. The van der Waals surface area contributed by atoms with Gasteiger partial charge in [0.25, 0.3) is 0 Å². The van der Waals surface area contributed by atoms with E-state index in [1.54, 1.807) is 24.3 Å². The lowest BCUT2D eigenvalue weighted by Gasteiger charge is -2.46. The van der Waals surface area contributed by atoms with Gasteiger partial charge < -0.3 is 47.8 Å². The minimum atomic E-state index is -0.205. The highest BCUT2D eigenvalue weighted by molar-refractivity contribution is 5.40. The van der Waals surface area contributed by atoms with Crippen molar-refractivity contribution in [2.24, 2.45) is 11.8 Å². The second-order valence-electron chi connectivity index (χ2n) is 20.4. The molecule has 66 heavy (non-hydrogen) atoms. The number of anilines is 2. The Labute approximate surface area is 383 Å². The number of halogens is 2. The van der Waals surface area contributed by atoms with Gasteiger partial charge in [-0.2, -0.15) is 0 Å². The lowest BCUT2D eigenvalue weighted by molar-refractivity contribution is -0.0217. The first-order valence-electron chi connectivity index (χ1n) is 24.1. The molecule has 8 heterocycles. The molecule has 356 valence electrons. The number of aromatic nitrogens is 4. The summed E-state index contributed by atoms with van der Waals surface area (Å²) in [5, 5.41) is 34.0. The zero-order chi connectivity index (χ0) is 44.8. The maximum atomic E-state index is 14.1. The summed E-state index contributed by atoms with van der Waals surface area (Å²) in [7, 11) is 0. The minimum absolute atomic E-state index is 0.102. The van der Waals surface area contributed by atoms with Crippen molar-refractivity contribution in [1.29, 1.82) is 0 Å². The molecule has 8 aliphatic rings. The van der Waals surface area contributed by atoms with Crippen LogP contribution in [0, 0.1) is 23.5 Å². The Morgan fingerprint density at radius 2 is 1.02 bits per heavy atom. The van der Waals surface area contributed by atoms with Crippen molar-refractivity contribution in [1.82, 2.24) is 30.2 Å². The number of ether oxygens (including phenoxy) is 4. The number of aliphatic hydroxyl groups is 2. The molecule has 2 aliphatic carbocycles. The number of likely N-dealkylation sites (tertiary alicyclic amines) is 2. The number of piperidine rings is 2. The molecule has 0 radical (unpaired) electrons. The van der Waals surface area contributed by atoms with Gasteiger partial charge in [0.05, 0.1) is 51.6 Å². The van der Waals surface area contributed by atoms with Gasteiger partial charge in [0.1, 0.15) is 34.3 Å². The minimum Gasteiger partial charge on any atom is -0.490 e. The van der Waals surface area contributed by atoms with Crippen LogP contribution < -0.4 is 19.3 Å². The molecule has 6 aliphatic heterocycles. The third-order valence-corrected chi connectivity index (χ3v) is 15.9. The maximum absolute atomic E-state index is 14.1. The molecule has 2 aromatic carbocycles. The molecule has 0 amide bonds. The van der Waals surface area contributed by atoms with Crippen LogP contribution in [0.3, 0.4) is 0 Å². The first-order valence-corrected chi connectivity index (χ1v) is 24.1. The van der Waals surface area contributed by atoms with Gasteiger partial charge in [0, 0.05) is 36.4 Å². The van der Waals surface area contributed by atoms with Crippen LogP contribution in [0.1, 0.15) is 87.2 Å². The topological polar surface area (TPSA) is 168 Å². The largest absolute Gasteiger partial charge is 0.490 e. The fourth-order valence-electron chi connectivity index (χ4n) is 12.0. The molecule has 2 saturated carbocycles. The molecule has 2 atom stereocenters. The fourth-order valence-corrected chi connectivity index (χ4v) is 12.0. The zero-order valence-corrected chi connectivity index (χ0v) is 37.5. The summed E-state index contributed by atoms with van der Waals surface area (Å²) >= 11 is 0. The van der Waals surface area contributed by atoms with E-state index in [0.29, 0.717) is 47.8 Å². The first-order chi connectivity index (χ1) is 32.2. The predicted molar refractivity (Wildman–Crippen MR) is 236 cm³/mol. The van der Waals surface area contributed by atoms with Crippen LogP contribution in [0.2, 0.25) is 0 Å². The van der Waals surface area contributed by atoms with E-state index in [1.807, 2.05) is 0 Å². The molecule has 2 spiro atoms. The lowest BCUT2D eigenvalue weighted by Crippen LogP contribution is -2.62. The van der Waals surface area contributed by atoms with Crippen molar-refractivity contribution >= 4 is 12.0 Å². The fraction of sp³-hybridized carbons (Fsp3) is 0.667. The molecular formula is C48H62F2N8O8. The lowest BCUT2D eigenvalue weighted by atomic mass is 9.82. The van der Waals surface area contributed by atoms with E-state index in [0.717, 1.165) is 152 Å². The first kappa shape index (κ1) is 44.1. The quantitative estimate of drug-likeness (QED) is 0.191. The van der Waals surface area contributed by atoms with E-state index in [-0.39, 0.29) is 48.3 Å². The molecule has 2 aromatic heterocycles. The number of benzene rings is 2. The van der Waals surface area contributed by atoms with E-state index in [4.69, 9.17) is 27.8 Å². The van der Waals surface area contributed by atoms with Crippen LogP contribution >= 0.6 is 0 Å². The van der Waals surface area contributed by atoms with E-state index >= 15 is 0 Å². The Morgan fingerprint density at radius 1 is 0.606 bits per heavy atom. The highest BCUT2D eigenvalue weighted by Crippen LogP contribution is 2.44. The van der Waals surface area contributed by atoms with Crippen molar-refractivity contribution in [3.63, 3.8) is 0 Å². The number of hydrogen-bond donors (Lipinski definition) is 2. The molecule has 12 rings (SSSR count). The van der Waals surface area contributed by atoms with Crippen LogP contribution in [-0.4, -0.2) is 155 Å². The van der Waals surface area contributed by atoms with Crippen molar-refractivity contribution < 1.29 is 46.8 Å². The van der Waals surface area contributed by atoms with Crippen LogP contribution in [0.4, 0.5) is 20.8 Å². The maximum Gasteiger partial charge on any atom is 0.318 e. The molecule has 2 N–H and O–H groups in total. The van der Waals surface area contributed by atoms with Gasteiger partial charge in [-0.25, -0.2) is 8.78 Å². The summed E-state index contributed by atoms with van der Waals surface area (Å²) in [6.45, 7) is 9.05. The summed E-state index contributed by atoms with van der Waals surface area (Å²) in [6, 6.07) is 11.8. The molecule has 6 saturated heterocycles. The standard InChI is InChI=1S/2C24H31FN4O4/c2*25-18-1-2-22(33-20-7-16(8-20)11-30)21(9-18)17-3-5-28(6-4-17)19-10-24(32-12-19)13-29(14-24)23-27-26-15-31-23/h2*1-2,9,15-17,19-20,30H,3-8,10-14H2/t2*16?,19-,20?/m00/s1. The Kier molecular flexibility index (Phi) is 12.4. The van der Waals surface area contributed by atoms with Crippen molar-refractivity contribution in [2.75, 3.05) is 88.6 Å². The third-order valence-electron chi connectivity index (χ3n) is 15.9. The van der Waals surface area contributed by atoms with Crippen molar-refractivity contribution in [2.45, 2.75) is 112 Å². The van der Waals surface area contributed by atoms with Crippen LogP contribution in [-0.2, 0) is 9.47 Å². The zero-order valence-electron chi connectivity index (χ0n) is 37.5. The van der Waals surface area contributed by atoms with Gasteiger partial charge in [0.15, 0.2) is 0 Å². The smallest absolute Gasteiger partial charge is 0.318 e. The monoisotopic (exact) mass is 916 g/mol. The van der Waals surface area contributed by atoms with Gasteiger partial charge in [0.2, 0.25) is 12.8 Å². The second-order valence-corrected chi connectivity index (χ2v) is 20.4. The van der Waals surface area contributed by atoms with Crippen molar-refractivity contribution in [3.8, 4) is 11.5 Å². The van der Waals surface area contributed by atoms with Gasteiger partial charge in [-0.3, -0.25) is 9.80 Å². The normalized spacial score (nSPS) is 29.8. The summed E-state index contributed by atoms with van der Waals surface area (Å²) in [5.74, 6) is 2.50. The SMILES string of the molecule is OCC1CC(Oc2ccc(F)cc2C2CCN([C@@H]3COC4(C3)CN(c3nnco3)C4)CC2)C1.OCC1CC(Oc2ccc(F)cc2C2CCN([C@@H]3COC4(C3)CN(c3nnco3)C4)CC2)C1. The summed E-state index contributed by atoms with van der Waals surface area (Å²) < 4.78 is 63.7. The Morgan fingerprint density at radius 3 is 1.38 bits per heavy atom. The Bertz CT molecular complexity index is 2060. The summed E-state index contributed by atoms with van der Waals surface area (Å²) in [6.07, 6.45) is 12.5. The highest BCUT2D eigenvalue weighted by Gasteiger charge is 2.54. The van der Waals surface area contributed by atoms with E-state index in [9.17, 15) is 19.0 Å². The number of rotatable bonds is 12. The molecule has 18 heteroatoms. The predicted octanol–water partition coefficient (Wildman–Crippen LogP) is 5.17. The second kappa shape index (κ2) is 18.6. The Balaban J connectivity index is 0.000000146. The number of hydrogen-bond acceptors (Lipinski definition) is 16. The highest BCUT2D eigenvalue weighted by atomic mass is 19.1. The van der Waals surface area contributed by atoms with Gasteiger partial charge in [-0.05, 0) is 150 Å². The van der Waals surface area contributed by atoms with E-state index in [1.165, 1.54) is 24.9 Å². The molecule has 4 aromatic rings. The molecule has 0 bridgehead atoms. The van der Waals surface area contributed by atoms with Gasteiger partial charge >= 0.3 is 12.0 Å². The molecule has 16 nitrogen and oxygen atoms in total.